The second-order valence-electron chi connectivity index (χ2n) is 8.39. The van der Waals surface area contributed by atoms with E-state index in [4.69, 9.17) is 5.10 Å². The number of fused-ring (bicyclic) bond motifs is 1. The van der Waals surface area contributed by atoms with Crippen LogP contribution in [0.4, 0.5) is 16.3 Å². The Balaban J connectivity index is 1.52. The van der Waals surface area contributed by atoms with E-state index in [1.807, 2.05) is 35.0 Å². The maximum atomic E-state index is 11.3. The standard InChI is InChI=1S/C27H23N5O3/c28-16-19-5-3-4-18(26(19)17-8-10-21(33)11-9-17)14-20-15-25-29-13-12-24(32(25)31-20)22-6-1-2-7-23(22)30-27(34)35/h1-11,15,24,29-30,33H,12-14H2,(H,34,35). The number of aromatic hydroxyl groups is 1. The Morgan fingerprint density at radius 3 is 2.71 bits per heavy atom. The van der Waals surface area contributed by atoms with Crippen molar-refractivity contribution >= 4 is 17.6 Å². The van der Waals surface area contributed by atoms with Gasteiger partial charge in [0.2, 0.25) is 0 Å². The molecule has 0 fully saturated rings. The van der Waals surface area contributed by atoms with E-state index in [1.165, 1.54) is 0 Å². The van der Waals surface area contributed by atoms with Gasteiger partial charge in [-0.25, -0.2) is 9.48 Å². The summed E-state index contributed by atoms with van der Waals surface area (Å²) in [6.07, 6.45) is 0.163. The third-order valence-corrected chi connectivity index (χ3v) is 6.17. The summed E-state index contributed by atoms with van der Waals surface area (Å²) in [5.41, 5.74) is 5.43. The maximum absolute atomic E-state index is 11.3. The second kappa shape index (κ2) is 9.23. The van der Waals surface area contributed by atoms with Gasteiger partial charge in [0, 0.05) is 35.8 Å². The number of hydrogen-bond acceptors (Lipinski definition) is 5. The molecule has 1 unspecified atom stereocenters. The van der Waals surface area contributed by atoms with Crippen LogP contribution in [-0.4, -0.2) is 32.6 Å². The average molecular weight is 466 g/mol. The quantitative estimate of drug-likeness (QED) is 0.321. The Morgan fingerprint density at radius 2 is 1.94 bits per heavy atom. The average Bonchev–Trinajstić information content (AvgIpc) is 3.27. The zero-order valence-electron chi connectivity index (χ0n) is 18.8. The van der Waals surface area contributed by atoms with Crippen molar-refractivity contribution in [1.82, 2.24) is 9.78 Å². The van der Waals surface area contributed by atoms with Gasteiger partial charge in [-0.2, -0.15) is 10.4 Å². The number of rotatable bonds is 5. The highest BCUT2D eigenvalue weighted by molar-refractivity contribution is 5.84. The molecule has 4 aromatic rings. The number of aromatic nitrogens is 2. The molecule has 2 heterocycles. The van der Waals surface area contributed by atoms with E-state index in [1.54, 1.807) is 42.5 Å². The van der Waals surface area contributed by atoms with Gasteiger partial charge in [-0.1, -0.05) is 42.5 Å². The number of anilines is 2. The lowest BCUT2D eigenvalue weighted by molar-refractivity contribution is 0.209. The van der Waals surface area contributed by atoms with Gasteiger partial charge < -0.3 is 15.5 Å². The highest BCUT2D eigenvalue weighted by Gasteiger charge is 2.26. The maximum Gasteiger partial charge on any atom is 0.409 e. The molecule has 0 saturated heterocycles. The van der Waals surface area contributed by atoms with Crippen LogP contribution in [0.25, 0.3) is 11.1 Å². The molecule has 3 aromatic carbocycles. The molecular weight excluding hydrogens is 442 g/mol. The van der Waals surface area contributed by atoms with Gasteiger partial charge in [0.25, 0.3) is 0 Å². The summed E-state index contributed by atoms with van der Waals surface area (Å²) >= 11 is 0. The number of amides is 1. The number of nitrogens with zero attached hydrogens (tertiary/aromatic N) is 3. The topological polar surface area (TPSA) is 123 Å². The first kappa shape index (κ1) is 22.0. The number of phenolic OH excluding ortho intramolecular Hbond substituents is 1. The van der Waals surface area contributed by atoms with E-state index < -0.39 is 6.09 Å². The van der Waals surface area contributed by atoms with Gasteiger partial charge in [-0.05, 0) is 41.8 Å². The molecule has 0 saturated carbocycles. The fourth-order valence-corrected chi connectivity index (χ4v) is 4.67. The second-order valence-corrected chi connectivity index (χ2v) is 8.39. The molecule has 35 heavy (non-hydrogen) atoms. The monoisotopic (exact) mass is 465 g/mol. The highest BCUT2D eigenvalue weighted by atomic mass is 16.4. The highest BCUT2D eigenvalue weighted by Crippen LogP contribution is 2.35. The minimum atomic E-state index is -1.10. The lowest BCUT2D eigenvalue weighted by Gasteiger charge is -2.27. The minimum Gasteiger partial charge on any atom is -0.508 e. The molecule has 0 aliphatic carbocycles. The molecule has 5 rings (SSSR count). The van der Waals surface area contributed by atoms with Crippen molar-refractivity contribution in [2.75, 3.05) is 17.2 Å². The molecule has 8 heteroatoms. The summed E-state index contributed by atoms with van der Waals surface area (Å²) in [6.45, 7) is 0.736. The Hall–Kier alpha value is -4.77. The lowest BCUT2D eigenvalue weighted by atomic mass is 9.92. The number of benzene rings is 3. The third-order valence-electron chi connectivity index (χ3n) is 6.17. The Kier molecular flexibility index (Phi) is 5.81. The molecule has 1 aliphatic rings. The molecule has 1 aliphatic heterocycles. The van der Waals surface area contributed by atoms with Crippen molar-refractivity contribution in [1.29, 1.82) is 5.26 Å². The summed E-state index contributed by atoms with van der Waals surface area (Å²) in [5, 5.41) is 39.4. The zero-order valence-corrected chi connectivity index (χ0v) is 18.8. The van der Waals surface area contributed by atoms with E-state index in [2.05, 4.69) is 16.7 Å². The van der Waals surface area contributed by atoms with Crippen molar-refractivity contribution in [3.8, 4) is 22.9 Å². The Bertz CT molecular complexity index is 1440. The van der Waals surface area contributed by atoms with Gasteiger partial charge in [-0.15, -0.1) is 0 Å². The first-order valence-electron chi connectivity index (χ1n) is 11.3. The number of phenols is 1. The van der Waals surface area contributed by atoms with E-state index in [9.17, 15) is 20.3 Å². The predicted octanol–water partition coefficient (Wildman–Crippen LogP) is 5.21. The third kappa shape index (κ3) is 4.39. The van der Waals surface area contributed by atoms with E-state index in [-0.39, 0.29) is 11.8 Å². The molecule has 0 bridgehead atoms. The van der Waals surface area contributed by atoms with Crippen LogP contribution in [0.1, 0.15) is 34.8 Å². The number of nitrogens with one attached hydrogen (secondary N) is 2. The first-order valence-corrected chi connectivity index (χ1v) is 11.3. The van der Waals surface area contributed by atoms with Gasteiger partial charge in [0.1, 0.15) is 11.6 Å². The van der Waals surface area contributed by atoms with Crippen LogP contribution < -0.4 is 10.6 Å². The van der Waals surface area contributed by atoms with Crippen molar-refractivity contribution < 1.29 is 15.0 Å². The van der Waals surface area contributed by atoms with E-state index >= 15 is 0 Å². The minimum absolute atomic E-state index is 0.120. The molecule has 8 nitrogen and oxygen atoms in total. The summed E-state index contributed by atoms with van der Waals surface area (Å²) < 4.78 is 1.91. The van der Waals surface area contributed by atoms with Gasteiger partial charge >= 0.3 is 6.09 Å². The van der Waals surface area contributed by atoms with E-state index in [0.29, 0.717) is 17.7 Å². The predicted molar refractivity (Wildman–Crippen MR) is 133 cm³/mol. The fourth-order valence-electron chi connectivity index (χ4n) is 4.67. The van der Waals surface area contributed by atoms with Crippen LogP contribution in [0.15, 0.2) is 72.8 Å². The number of nitriles is 1. The van der Waals surface area contributed by atoms with Crippen molar-refractivity contribution in [2.45, 2.75) is 18.9 Å². The summed E-state index contributed by atoms with van der Waals surface area (Å²) in [7, 11) is 0. The Labute approximate surface area is 202 Å². The Morgan fingerprint density at radius 1 is 1.14 bits per heavy atom. The molecule has 1 amide bonds. The fraction of sp³-hybridized carbons (Fsp3) is 0.148. The molecule has 4 N–H and O–H groups in total. The van der Waals surface area contributed by atoms with Crippen molar-refractivity contribution in [3.05, 3.63) is 95.2 Å². The van der Waals surface area contributed by atoms with Gasteiger partial charge in [-0.3, -0.25) is 5.32 Å². The molecular formula is C27H23N5O3. The zero-order chi connectivity index (χ0) is 24.4. The lowest BCUT2D eigenvalue weighted by Crippen LogP contribution is -2.25. The van der Waals surface area contributed by atoms with Crippen LogP contribution in [0.5, 0.6) is 5.75 Å². The smallest absolute Gasteiger partial charge is 0.409 e. The van der Waals surface area contributed by atoms with Crippen LogP contribution in [0.3, 0.4) is 0 Å². The largest absolute Gasteiger partial charge is 0.508 e. The normalized spacial score (nSPS) is 14.4. The number of carbonyl (C=O) groups is 1. The number of para-hydroxylation sites is 1. The van der Waals surface area contributed by atoms with Crippen molar-refractivity contribution in [2.24, 2.45) is 0 Å². The molecule has 1 aromatic heterocycles. The molecule has 174 valence electrons. The number of carboxylic acid groups (broad SMARTS) is 1. The van der Waals surface area contributed by atoms with Crippen LogP contribution in [-0.2, 0) is 6.42 Å². The van der Waals surface area contributed by atoms with Crippen LogP contribution in [0.2, 0.25) is 0 Å². The molecule has 0 radical (unpaired) electrons. The van der Waals surface area contributed by atoms with Crippen LogP contribution >= 0.6 is 0 Å². The SMILES string of the molecule is N#Cc1cccc(Cc2cc3n(n2)C(c2ccccc2NC(=O)O)CCN3)c1-c1ccc(O)cc1. The van der Waals surface area contributed by atoms with Gasteiger partial charge in [0.05, 0.1) is 23.4 Å². The first-order chi connectivity index (χ1) is 17.0. The summed E-state index contributed by atoms with van der Waals surface area (Å²) in [6, 6.07) is 24.0. The van der Waals surface area contributed by atoms with Crippen molar-refractivity contribution in [3.63, 3.8) is 0 Å². The molecule has 1 atom stereocenters. The summed E-state index contributed by atoms with van der Waals surface area (Å²) in [4.78, 5) is 11.3. The van der Waals surface area contributed by atoms with Crippen LogP contribution in [0, 0.1) is 11.3 Å². The van der Waals surface area contributed by atoms with E-state index in [0.717, 1.165) is 46.7 Å². The number of hydrogen-bond donors (Lipinski definition) is 4. The summed E-state index contributed by atoms with van der Waals surface area (Å²) in [5.74, 6) is 1.03. The molecule has 0 spiro atoms. The van der Waals surface area contributed by atoms with Gasteiger partial charge in [0.15, 0.2) is 0 Å².